The predicted molar refractivity (Wildman–Crippen MR) is 132 cm³/mol. The molecule has 35 heavy (non-hydrogen) atoms. The first-order valence-electron chi connectivity index (χ1n) is 10.6. The molecule has 1 fully saturated rings. The number of nitrogens with one attached hydrogen (secondary N) is 1. The number of halogens is 1. The van der Waals surface area contributed by atoms with Crippen LogP contribution < -0.4 is 21.5 Å². The topological polar surface area (TPSA) is 161 Å². The zero-order valence-corrected chi connectivity index (χ0v) is 19.4. The van der Waals surface area contributed by atoms with E-state index in [1.54, 1.807) is 18.0 Å². The molecule has 9 nitrogen and oxygen atoms in total. The molecule has 0 saturated heterocycles. The number of benzene rings is 2. The number of carbonyl (C=O) groups is 2. The van der Waals surface area contributed by atoms with Gasteiger partial charge >= 0.3 is 11.9 Å². The molecule has 0 atom stereocenters. The summed E-state index contributed by atoms with van der Waals surface area (Å²) in [5.74, 6) is 0.866. The number of ether oxygens (including phenoxy) is 1. The van der Waals surface area contributed by atoms with Gasteiger partial charge in [-0.25, -0.2) is 9.37 Å². The number of carboxylic acid groups (broad SMARTS) is 2. The molecule has 5 rings (SSSR count). The first-order chi connectivity index (χ1) is 16.7. The predicted octanol–water partition coefficient (Wildman–Crippen LogP) is 4.32. The molecular formula is C24H25FN4O5S. The Kier molecular flexibility index (Phi) is 8.37. The number of aliphatic carboxylic acids is 2. The van der Waals surface area contributed by atoms with Crippen molar-refractivity contribution in [3.63, 3.8) is 0 Å². The first kappa shape index (κ1) is 25.6. The van der Waals surface area contributed by atoms with Crippen LogP contribution in [0.15, 0.2) is 65.7 Å². The number of nitrogen functional groups attached to an aromatic ring is 2. The second-order valence-corrected chi connectivity index (χ2v) is 8.78. The van der Waals surface area contributed by atoms with Gasteiger partial charge in [0.15, 0.2) is 5.41 Å². The van der Waals surface area contributed by atoms with E-state index in [-0.39, 0.29) is 18.7 Å². The van der Waals surface area contributed by atoms with Crippen LogP contribution in [0.25, 0.3) is 0 Å². The van der Waals surface area contributed by atoms with Gasteiger partial charge in [-0.2, -0.15) is 0 Å². The third-order valence-electron chi connectivity index (χ3n) is 5.06. The van der Waals surface area contributed by atoms with Crippen LogP contribution in [0.1, 0.15) is 12.8 Å². The first-order valence-corrected chi connectivity index (χ1v) is 11.6. The second kappa shape index (κ2) is 11.4. The van der Waals surface area contributed by atoms with Crippen LogP contribution in [-0.2, 0) is 9.59 Å². The normalized spacial score (nSPS) is 14.4. The number of hydrogen-bond acceptors (Lipinski definition) is 8. The van der Waals surface area contributed by atoms with Crippen molar-refractivity contribution in [2.24, 2.45) is 5.41 Å². The molecule has 3 aromatic rings. The van der Waals surface area contributed by atoms with Crippen molar-refractivity contribution in [2.45, 2.75) is 17.7 Å². The molecule has 0 spiro atoms. The monoisotopic (exact) mass is 500 g/mol. The summed E-state index contributed by atoms with van der Waals surface area (Å²) >= 11 is 1.76. The maximum absolute atomic E-state index is 12.0. The van der Waals surface area contributed by atoms with E-state index < -0.39 is 17.4 Å². The lowest BCUT2D eigenvalue weighted by Gasteiger charge is -2.19. The van der Waals surface area contributed by atoms with Crippen LogP contribution in [0.3, 0.4) is 0 Å². The zero-order chi connectivity index (χ0) is 25.4. The Morgan fingerprint density at radius 1 is 0.971 bits per heavy atom. The van der Waals surface area contributed by atoms with Gasteiger partial charge in [0.2, 0.25) is 0 Å². The summed E-state index contributed by atoms with van der Waals surface area (Å²) in [6.07, 6.45) is 2.31. The van der Waals surface area contributed by atoms with Gasteiger partial charge in [-0.1, -0.05) is 0 Å². The van der Waals surface area contributed by atoms with Gasteiger partial charge in [0.1, 0.15) is 23.1 Å². The van der Waals surface area contributed by atoms with Crippen molar-refractivity contribution < 1.29 is 28.9 Å². The van der Waals surface area contributed by atoms with E-state index in [4.69, 9.17) is 26.4 Å². The van der Waals surface area contributed by atoms with Crippen molar-refractivity contribution in [3.8, 4) is 11.5 Å². The number of thioether (sulfide) groups is 1. The van der Waals surface area contributed by atoms with E-state index in [1.165, 1.54) is 24.3 Å². The molecule has 184 valence electrons. The van der Waals surface area contributed by atoms with Crippen LogP contribution in [0, 0.1) is 11.2 Å². The second-order valence-electron chi connectivity index (χ2n) is 7.68. The van der Waals surface area contributed by atoms with E-state index in [2.05, 4.69) is 10.3 Å². The highest BCUT2D eigenvalue weighted by Gasteiger charge is 2.57. The van der Waals surface area contributed by atoms with Crippen molar-refractivity contribution in [1.29, 1.82) is 0 Å². The third kappa shape index (κ3) is 7.00. The molecule has 0 radical (unpaired) electrons. The van der Waals surface area contributed by atoms with Crippen LogP contribution >= 0.6 is 11.8 Å². The summed E-state index contributed by atoms with van der Waals surface area (Å²) < 4.78 is 17.9. The van der Waals surface area contributed by atoms with Gasteiger partial charge in [-0.05, 0) is 61.4 Å². The van der Waals surface area contributed by atoms with Gasteiger partial charge in [-0.15, -0.1) is 11.8 Å². The fourth-order valence-corrected chi connectivity index (χ4v) is 3.79. The quantitative estimate of drug-likeness (QED) is 0.258. The summed E-state index contributed by atoms with van der Waals surface area (Å²) in [6.45, 7) is 0.940. The van der Waals surface area contributed by atoms with Crippen LogP contribution in [0.5, 0.6) is 11.5 Å². The lowest BCUT2D eigenvalue weighted by atomic mass is 10.1. The highest BCUT2D eigenvalue weighted by molar-refractivity contribution is 7.99. The lowest BCUT2D eigenvalue weighted by molar-refractivity contribution is -0.156. The molecule has 1 saturated carbocycles. The molecule has 7 N–H and O–H groups in total. The fourth-order valence-electron chi connectivity index (χ4n) is 2.87. The van der Waals surface area contributed by atoms with Gasteiger partial charge in [-0.3, -0.25) is 9.59 Å². The molecule has 0 bridgehead atoms. The van der Waals surface area contributed by atoms with Gasteiger partial charge in [0, 0.05) is 35.9 Å². The maximum atomic E-state index is 12.0. The SMILES string of the molecule is Nc1ccc(F)cc1.Nc1ccc(Oc2ccnc3c2SCCN3)cc1.O=C(O)C1(C(=O)O)CC1. The molecule has 1 aromatic heterocycles. The summed E-state index contributed by atoms with van der Waals surface area (Å²) in [5, 5.41) is 19.9. The van der Waals surface area contributed by atoms with Crippen LogP contribution in [-0.4, -0.2) is 39.4 Å². The number of pyridine rings is 1. The minimum atomic E-state index is -1.42. The molecule has 1 aliphatic carbocycles. The summed E-state index contributed by atoms with van der Waals surface area (Å²) in [6, 6.07) is 15.0. The number of nitrogens with two attached hydrogens (primary N) is 2. The summed E-state index contributed by atoms with van der Waals surface area (Å²) in [4.78, 5) is 25.7. The lowest BCUT2D eigenvalue weighted by Crippen LogP contribution is -2.24. The van der Waals surface area contributed by atoms with E-state index in [0.717, 1.165) is 40.2 Å². The van der Waals surface area contributed by atoms with E-state index >= 15 is 0 Å². The number of rotatable bonds is 4. The van der Waals surface area contributed by atoms with Crippen molar-refractivity contribution >= 4 is 40.9 Å². The minimum absolute atomic E-state index is 0.251. The van der Waals surface area contributed by atoms with Crippen molar-refractivity contribution in [1.82, 2.24) is 4.98 Å². The smallest absolute Gasteiger partial charge is 0.321 e. The average molecular weight is 501 g/mol. The van der Waals surface area contributed by atoms with Crippen molar-refractivity contribution in [2.75, 3.05) is 29.1 Å². The largest absolute Gasteiger partial charge is 0.480 e. The third-order valence-corrected chi connectivity index (χ3v) is 6.15. The molecule has 2 heterocycles. The Morgan fingerprint density at radius 3 is 2.03 bits per heavy atom. The maximum Gasteiger partial charge on any atom is 0.321 e. The molecule has 2 aliphatic rings. The number of anilines is 3. The minimum Gasteiger partial charge on any atom is -0.480 e. The Hall–Kier alpha value is -3.99. The molecule has 1 aliphatic heterocycles. The van der Waals surface area contributed by atoms with E-state index in [9.17, 15) is 14.0 Å². The summed E-state index contributed by atoms with van der Waals surface area (Å²) in [5.41, 5.74) is 10.8. The van der Waals surface area contributed by atoms with Crippen LogP contribution in [0.2, 0.25) is 0 Å². The Balaban J connectivity index is 0.000000168. The molecule has 11 heteroatoms. The number of aromatic nitrogens is 1. The van der Waals surface area contributed by atoms with Crippen molar-refractivity contribution in [3.05, 3.63) is 66.6 Å². The van der Waals surface area contributed by atoms with Gasteiger partial charge < -0.3 is 31.7 Å². The number of fused-ring (bicyclic) bond motifs is 1. The van der Waals surface area contributed by atoms with Crippen LogP contribution in [0.4, 0.5) is 21.6 Å². The zero-order valence-electron chi connectivity index (χ0n) is 18.6. The molecule has 0 unspecified atom stereocenters. The van der Waals surface area contributed by atoms with Gasteiger partial charge in [0.05, 0.1) is 4.90 Å². The number of hydrogen-bond donors (Lipinski definition) is 5. The Morgan fingerprint density at radius 2 is 1.54 bits per heavy atom. The molecule has 2 aromatic carbocycles. The highest BCUT2D eigenvalue weighted by Crippen LogP contribution is 2.45. The summed E-state index contributed by atoms with van der Waals surface area (Å²) in [7, 11) is 0. The van der Waals surface area contributed by atoms with E-state index in [1.807, 2.05) is 30.3 Å². The highest BCUT2D eigenvalue weighted by atomic mass is 32.2. The Bertz CT molecular complexity index is 1130. The number of carboxylic acids is 2. The fraction of sp³-hybridized carbons (Fsp3) is 0.208. The molecule has 0 amide bonds. The van der Waals surface area contributed by atoms with E-state index in [0.29, 0.717) is 5.69 Å². The standard InChI is InChI=1S/C13H13N3OS.C6H6FN.C5H6O4/c14-9-1-3-10(4-2-9)17-11-5-6-15-13-12(11)18-8-7-16-13;7-5-1-3-6(8)4-2-5;6-3(7)5(1-2-5)4(8)9/h1-6H,7-8,14H2,(H,15,16);1-4H,8H2;1-2H2,(H,6,7)(H,8,9). The Labute approximate surface area is 205 Å². The van der Waals surface area contributed by atoms with Gasteiger partial charge in [0.25, 0.3) is 0 Å². The number of nitrogens with zero attached hydrogens (tertiary/aromatic N) is 1. The molecular weight excluding hydrogens is 475 g/mol. The average Bonchev–Trinajstić information content (AvgIpc) is 3.66.